The molecule has 8 nitrogen and oxygen atoms in total. The minimum atomic E-state index is 0.0147. The van der Waals surface area contributed by atoms with Crippen LogP contribution in [0.15, 0.2) is 40.2 Å². The van der Waals surface area contributed by atoms with E-state index in [4.69, 9.17) is 4.52 Å². The van der Waals surface area contributed by atoms with Crippen molar-refractivity contribution in [2.75, 3.05) is 31.1 Å². The van der Waals surface area contributed by atoms with Crippen LogP contribution in [0.25, 0.3) is 10.9 Å². The number of fused-ring (bicyclic) bond motifs is 1. The lowest BCUT2D eigenvalue weighted by Crippen LogP contribution is -2.46. The summed E-state index contributed by atoms with van der Waals surface area (Å²) in [7, 11) is 0. The average Bonchev–Trinajstić information content (AvgIpc) is 3.15. The first-order chi connectivity index (χ1) is 12.6. The van der Waals surface area contributed by atoms with Gasteiger partial charge < -0.3 is 9.42 Å². The van der Waals surface area contributed by atoms with E-state index in [1.165, 1.54) is 6.33 Å². The van der Waals surface area contributed by atoms with Crippen molar-refractivity contribution in [2.24, 2.45) is 0 Å². The summed E-state index contributed by atoms with van der Waals surface area (Å²) in [5.74, 6) is 0.648. The van der Waals surface area contributed by atoms with Crippen molar-refractivity contribution in [2.45, 2.75) is 26.4 Å². The monoisotopic (exact) mass is 354 g/mol. The zero-order chi connectivity index (χ0) is 18.1. The van der Waals surface area contributed by atoms with E-state index in [1.54, 1.807) is 10.9 Å². The molecule has 0 radical (unpaired) electrons. The van der Waals surface area contributed by atoms with Crippen LogP contribution in [0.1, 0.15) is 25.8 Å². The van der Waals surface area contributed by atoms with Crippen LogP contribution in [0.2, 0.25) is 0 Å². The fraction of sp³-hybridized carbons (Fsp3) is 0.444. The Morgan fingerprint density at radius 3 is 2.65 bits per heavy atom. The highest BCUT2D eigenvalue weighted by atomic mass is 16.5. The molecule has 1 saturated heterocycles. The Morgan fingerprint density at radius 1 is 1.15 bits per heavy atom. The second kappa shape index (κ2) is 6.87. The number of aromatic nitrogens is 4. The number of hydrogen-bond acceptors (Lipinski definition) is 7. The highest BCUT2D eigenvalue weighted by Gasteiger charge is 2.19. The second-order valence-corrected chi connectivity index (χ2v) is 6.85. The smallest absolute Gasteiger partial charge is 0.261 e. The van der Waals surface area contributed by atoms with Gasteiger partial charge in [-0.3, -0.25) is 14.3 Å². The molecule has 1 fully saturated rings. The lowest BCUT2D eigenvalue weighted by atomic mass is 10.2. The first-order valence-electron chi connectivity index (χ1n) is 8.85. The van der Waals surface area contributed by atoms with Gasteiger partial charge in [0, 0.05) is 37.9 Å². The minimum absolute atomic E-state index is 0.0147. The van der Waals surface area contributed by atoms with Crippen molar-refractivity contribution in [3.05, 3.63) is 47.1 Å². The van der Waals surface area contributed by atoms with Crippen LogP contribution in [0.4, 0.5) is 5.69 Å². The normalized spacial score (nSPS) is 15.9. The van der Waals surface area contributed by atoms with Crippen molar-refractivity contribution < 1.29 is 4.52 Å². The molecule has 3 aromatic rings. The van der Waals surface area contributed by atoms with Gasteiger partial charge in [0.2, 0.25) is 5.89 Å². The SMILES string of the molecule is CC(C)n1cnc2cc(N3CCN(Cc4ncno4)CC3)ccc2c1=O. The number of hydrogen-bond donors (Lipinski definition) is 0. The zero-order valence-electron chi connectivity index (χ0n) is 15.0. The Kier molecular flexibility index (Phi) is 4.42. The maximum atomic E-state index is 12.5. The van der Waals surface area contributed by atoms with E-state index in [1.807, 2.05) is 32.0 Å². The molecule has 26 heavy (non-hydrogen) atoms. The highest BCUT2D eigenvalue weighted by molar-refractivity contribution is 5.81. The molecule has 1 aliphatic heterocycles. The lowest BCUT2D eigenvalue weighted by Gasteiger charge is -2.35. The van der Waals surface area contributed by atoms with E-state index in [2.05, 4.69) is 24.9 Å². The average molecular weight is 354 g/mol. The van der Waals surface area contributed by atoms with E-state index in [-0.39, 0.29) is 11.6 Å². The Labute approximate surface area is 151 Å². The number of rotatable bonds is 4. The zero-order valence-corrected chi connectivity index (χ0v) is 15.0. The summed E-state index contributed by atoms with van der Waals surface area (Å²) in [5.41, 5.74) is 1.86. The molecule has 0 N–H and O–H groups in total. The maximum Gasteiger partial charge on any atom is 0.261 e. The maximum absolute atomic E-state index is 12.5. The predicted molar refractivity (Wildman–Crippen MR) is 98.2 cm³/mol. The molecule has 8 heteroatoms. The van der Waals surface area contributed by atoms with E-state index in [0.717, 1.165) is 37.4 Å². The molecule has 0 amide bonds. The standard InChI is InChI=1S/C18H22N6O2/c1-13(2)24-12-20-16-9-14(3-4-15(16)18(24)25)23-7-5-22(6-8-23)10-17-19-11-21-26-17/h3-4,9,11-13H,5-8,10H2,1-2H3. The van der Waals surface area contributed by atoms with Gasteiger partial charge in [-0.15, -0.1) is 0 Å². The van der Waals surface area contributed by atoms with Crippen molar-refractivity contribution in [1.82, 2.24) is 24.6 Å². The third-order valence-corrected chi connectivity index (χ3v) is 4.83. The van der Waals surface area contributed by atoms with Crippen LogP contribution in [0.5, 0.6) is 0 Å². The lowest BCUT2D eigenvalue weighted by molar-refractivity contribution is 0.215. The molecule has 0 bridgehead atoms. The minimum Gasteiger partial charge on any atom is -0.369 e. The first kappa shape index (κ1) is 16.7. The fourth-order valence-electron chi connectivity index (χ4n) is 3.31. The summed E-state index contributed by atoms with van der Waals surface area (Å²) in [6.07, 6.45) is 3.07. The van der Waals surface area contributed by atoms with Crippen LogP contribution in [-0.4, -0.2) is 50.8 Å². The van der Waals surface area contributed by atoms with Gasteiger partial charge in [-0.25, -0.2) is 4.98 Å². The van der Waals surface area contributed by atoms with Gasteiger partial charge in [-0.2, -0.15) is 4.98 Å². The third-order valence-electron chi connectivity index (χ3n) is 4.83. The Hall–Kier alpha value is -2.74. The largest absolute Gasteiger partial charge is 0.369 e. The molecule has 3 heterocycles. The summed E-state index contributed by atoms with van der Waals surface area (Å²) in [5, 5.41) is 4.31. The van der Waals surface area contributed by atoms with E-state index >= 15 is 0 Å². The van der Waals surface area contributed by atoms with Gasteiger partial charge in [-0.1, -0.05) is 5.16 Å². The molecule has 4 rings (SSSR count). The molecule has 136 valence electrons. The van der Waals surface area contributed by atoms with E-state index < -0.39 is 0 Å². The molecule has 0 saturated carbocycles. The topological polar surface area (TPSA) is 80.3 Å². The number of anilines is 1. The molecule has 0 spiro atoms. The van der Waals surface area contributed by atoms with E-state index in [0.29, 0.717) is 17.8 Å². The Balaban J connectivity index is 1.49. The fourth-order valence-corrected chi connectivity index (χ4v) is 3.31. The quantitative estimate of drug-likeness (QED) is 0.705. The van der Waals surface area contributed by atoms with Crippen molar-refractivity contribution in [1.29, 1.82) is 0 Å². The molecule has 0 aliphatic carbocycles. The predicted octanol–water partition coefficient (Wildman–Crippen LogP) is 1.68. The summed E-state index contributed by atoms with van der Waals surface area (Å²) in [6, 6.07) is 6.02. The van der Waals surface area contributed by atoms with E-state index in [9.17, 15) is 4.79 Å². The molecule has 1 aliphatic rings. The van der Waals surface area contributed by atoms with Gasteiger partial charge in [-0.05, 0) is 32.0 Å². The highest BCUT2D eigenvalue weighted by Crippen LogP contribution is 2.21. The molecule has 0 atom stereocenters. The molecule has 2 aromatic heterocycles. The molecule has 0 unspecified atom stereocenters. The third kappa shape index (κ3) is 3.20. The van der Waals surface area contributed by atoms with Gasteiger partial charge in [0.25, 0.3) is 5.56 Å². The van der Waals surface area contributed by atoms with Gasteiger partial charge in [0.15, 0.2) is 6.33 Å². The first-order valence-corrected chi connectivity index (χ1v) is 8.85. The molecular formula is C18H22N6O2. The molecule has 1 aromatic carbocycles. The second-order valence-electron chi connectivity index (χ2n) is 6.85. The summed E-state index contributed by atoms with van der Waals surface area (Å²) < 4.78 is 6.74. The Morgan fingerprint density at radius 2 is 1.96 bits per heavy atom. The number of piperazine rings is 1. The van der Waals surface area contributed by atoms with Gasteiger partial charge in [0.1, 0.15) is 0 Å². The van der Waals surface area contributed by atoms with Crippen molar-refractivity contribution in [3.63, 3.8) is 0 Å². The van der Waals surface area contributed by atoms with Crippen LogP contribution in [-0.2, 0) is 6.54 Å². The van der Waals surface area contributed by atoms with Crippen LogP contribution in [0.3, 0.4) is 0 Å². The molecular weight excluding hydrogens is 332 g/mol. The number of nitrogens with zero attached hydrogens (tertiary/aromatic N) is 6. The van der Waals surface area contributed by atoms with Gasteiger partial charge >= 0.3 is 0 Å². The van der Waals surface area contributed by atoms with Crippen LogP contribution >= 0.6 is 0 Å². The van der Waals surface area contributed by atoms with Crippen LogP contribution in [0, 0.1) is 0 Å². The summed E-state index contributed by atoms with van der Waals surface area (Å²) in [4.78, 5) is 25.7. The summed E-state index contributed by atoms with van der Waals surface area (Å²) in [6.45, 7) is 8.30. The summed E-state index contributed by atoms with van der Waals surface area (Å²) >= 11 is 0. The van der Waals surface area contributed by atoms with Crippen LogP contribution < -0.4 is 10.5 Å². The van der Waals surface area contributed by atoms with Gasteiger partial charge in [0.05, 0.1) is 23.8 Å². The Bertz CT molecular complexity index is 942. The number of benzene rings is 1. The van der Waals surface area contributed by atoms with Crippen molar-refractivity contribution in [3.8, 4) is 0 Å². The van der Waals surface area contributed by atoms with Crippen molar-refractivity contribution >= 4 is 16.6 Å².